The van der Waals surface area contributed by atoms with Gasteiger partial charge in [-0.3, -0.25) is 9.59 Å². The highest BCUT2D eigenvalue weighted by atomic mass is 32.2. The number of ketones is 1. The summed E-state index contributed by atoms with van der Waals surface area (Å²) >= 11 is 1.39. The Morgan fingerprint density at radius 2 is 1.92 bits per heavy atom. The van der Waals surface area contributed by atoms with Crippen LogP contribution < -0.4 is 0 Å². The Labute approximate surface area is 155 Å². The first-order valence-electron chi connectivity index (χ1n) is 8.70. The molecule has 6 heteroatoms. The quantitative estimate of drug-likeness (QED) is 0.552. The number of pyridine rings is 1. The Hall–Kier alpha value is -2.60. The fourth-order valence-electron chi connectivity index (χ4n) is 3.21. The van der Waals surface area contributed by atoms with Crippen LogP contribution in [0.3, 0.4) is 0 Å². The van der Waals surface area contributed by atoms with Gasteiger partial charge in [0.1, 0.15) is 0 Å². The van der Waals surface area contributed by atoms with Crippen molar-refractivity contribution in [2.75, 3.05) is 18.8 Å². The van der Waals surface area contributed by atoms with Crippen molar-refractivity contribution in [1.82, 2.24) is 14.9 Å². The van der Waals surface area contributed by atoms with E-state index >= 15 is 0 Å². The Morgan fingerprint density at radius 3 is 2.69 bits per heavy atom. The van der Waals surface area contributed by atoms with Crippen LogP contribution in [0.15, 0.2) is 53.8 Å². The summed E-state index contributed by atoms with van der Waals surface area (Å²) in [6.07, 6.45) is 5.52. The number of carbonyl (C=O) groups excluding carboxylic acids is 2. The summed E-state index contributed by atoms with van der Waals surface area (Å²) in [5, 5.41) is 1.69. The van der Waals surface area contributed by atoms with Crippen LogP contribution in [-0.2, 0) is 0 Å². The van der Waals surface area contributed by atoms with E-state index in [1.807, 2.05) is 35.2 Å². The van der Waals surface area contributed by atoms with Crippen molar-refractivity contribution in [2.24, 2.45) is 0 Å². The average Bonchev–Trinajstić information content (AvgIpc) is 3.36. The number of fused-ring (bicyclic) bond motifs is 1. The number of H-pyrrole nitrogens is 1. The Kier molecular flexibility index (Phi) is 4.75. The molecule has 5 nitrogen and oxygen atoms in total. The van der Waals surface area contributed by atoms with E-state index in [0.29, 0.717) is 16.9 Å². The predicted octanol–water partition coefficient (Wildman–Crippen LogP) is 3.77. The SMILES string of the molecule is O=C(CSc1ccc(C(=O)N2CCCC2)cn1)c1c[nH]c2ccccc12. The Bertz CT molecular complexity index is 943. The fraction of sp³-hybridized carbons (Fsp3) is 0.250. The van der Waals surface area contributed by atoms with Gasteiger partial charge in [-0.1, -0.05) is 30.0 Å². The molecule has 1 aliphatic heterocycles. The zero-order chi connectivity index (χ0) is 17.9. The molecule has 2 aromatic heterocycles. The number of benzene rings is 1. The lowest BCUT2D eigenvalue weighted by Gasteiger charge is -2.14. The summed E-state index contributed by atoms with van der Waals surface area (Å²) in [6.45, 7) is 1.66. The molecule has 1 aliphatic rings. The van der Waals surface area contributed by atoms with Crippen LogP contribution in [-0.4, -0.2) is 45.4 Å². The number of carbonyl (C=O) groups is 2. The lowest BCUT2D eigenvalue weighted by atomic mass is 10.1. The molecule has 0 aliphatic carbocycles. The second-order valence-corrected chi connectivity index (χ2v) is 7.34. The third kappa shape index (κ3) is 3.37. The molecule has 1 fully saturated rings. The molecule has 26 heavy (non-hydrogen) atoms. The van der Waals surface area contributed by atoms with Crippen LogP contribution in [0.25, 0.3) is 10.9 Å². The molecule has 1 amide bonds. The number of Topliss-reactive ketones (excluding diaryl/α,β-unsaturated/α-hetero) is 1. The predicted molar refractivity (Wildman–Crippen MR) is 103 cm³/mol. The molecule has 0 atom stereocenters. The number of likely N-dealkylation sites (tertiary alicyclic amines) is 1. The van der Waals surface area contributed by atoms with E-state index in [1.165, 1.54) is 11.8 Å². The summed E-state index contributed by atoms with van der Waals surface area (Å²) in [5.41, 5.74) is 2.27. The summed E-state index contributed by atoms with van der Waals surface area (Å²) < 4.78 is 0. The maximum absolute atomic E-state index is 12.5. The summed E-state index contributed by atoms with van der Waals surface area (Å²) in [5.74, 6) is 0.418. The fourth-order valence-corrected chi connectivity index (χ4v) is 3.94. The van der Waals surface area contributed by atoms with Crippen LogP contribution in [0.1, 0.15) is 33.6 Å². The van der Waals surface area contributed by atoms with E-state index < -0.39 is 0 Å². The summed E-state index contributed by atoms with van der Waals surface area (Å²) in [7, 11) is 0. The highest BCUT2D eigenvalue weighted by Gasteiger charge is 2.19. The number of nitrogens with zero attached hydrogens (tertiary/aromatic N) is 2. The van der Waals surface area contributed by atoms with Gasteiger partial charge in [0.05, 0.1) is 16.3 Å². The maximum atomic E-state index is 12.5. The van der Waals surface area contributed by atoms with Crippen molar-refractivity contribution in [3.05, 3.63) is 59.9 Å². The normalized spacial score (nSPS) is 14.1. The first-order valence-corrected chi connectivity index (χ1v) is 9.68. The number of hydrogen-bond donors (Lipinski definition) is 1. The van der Waals surface area contributed by atoms with Gasteiger partial charge in [0.25, 0.3) is 5.91 Å². The van der Waals surface area contributed by atoms with E-state index in [0.717, 1.165) is 41.9 Å². The van der Waals surface area contributed by atoms with Gasteiger partial charge in [0, 0.05) is 41.9 Å². The number of aromatic amines is 1. The molecule has 3 heterocycles. The molecule has 0 spiro atoms. The van der Waals surface area contributed by atoms with E-state index in [2.05, 4.69) is 9.97 Å². The lowest BCUT2D eigenvalue weighted by Crippen LogP contribution is -2.27. The zero-order valence-corrected chi connectivity index (χ0v) is 15.1. The molecule has 4 rings (SSSR count). The molecular formula is C20H19N3O2S. The first kappa shape index (κ1) is 16.8. The van der Waals surface area contributed by atoms with E-state index in [-0.39, 0.29) is 11.7 Å². The number of hydrogen-bond acceptors (Lipinski definition) is 4. The smallest absolute Gasteiger partial charge is 0.255 e. The zero-order valence-electron chi connectivity index (χ0n) is 14.3. The van der Waals surface area contributed by atoms with Crippen molar-refractivity contribution in [3.8, 4) is 0 Å². The largest absolute Gasteiger partial charge is 0.360 e. The summed E-state index contributed by atoms with van der Waals surface area (Å²) in [6, 6.07) is 11.4. The number of aromatic nitrogens is 2. The molecule has 132 valence electrons. The molecular weight excluding hydrogens is 346 g/mol. The number of rotatable bonds is 5. The van der Waals surface area contributed by atoms with E-state index in [4.69, 9.17) is 0 Å². The van der Waals surface area contributed by atoms with Gasteiger partial charge in [-0.05, 0) is 31.0 Å². The van der Waals surface area contributed by atoms with Crippen LogP contribution in [0.4, 0.5) is 0 Å². The van der Waals surface area contributed by atoms with Crippen molar-refractivity contribution >= 4 is 34.4 Å². The molecule has 0 unspecified atom stereocenters. The summed E-state index contributed by atoms with van der Waals surface area (Å²) in [4.78, 5) is 34.2. The van der Waals surface area contributed by atoms with Crippen molar-refractivity contribution in [3.63, 3.8) is 0 Å². The molecule has 0 bridgehead atoms. The Balaban J connectivity index is 1.40. The van der Waals surface area contributed by atoms with Gasteiger partial charge >= 0.3 is 0 Å². The lowest BCUT2D eigenvalue weighted by molar-refractivity contribution is 0.0792. The van der Waals surface area contributed by atoms with Gasteiger partial charge in [-0.25, -0.2) is 4.98 Å². The van der Waals surface area contributed by atoms with Gasteiger partial charge in [-0.15, -0.1) is 0 Å². The monoisotopic (exact) mass is 365 g/mol. The molecule has 1 saturated heterocycles. The van der Waals surface area contributed by atoms with E-state index in [9.17, 15) is 9.59 Å². The van der Waals surface area contributed by atoms with Crippen molar-refractivity contribution in [1.29, 1.82) is 0 Å². The minimum atomic E-state index is 0.0430. The second kappa shape index (κ2) is 7.33. The third-order valence-corrected chi connectivity index (χ3v) is 5.56. The second-order valence-electron chi connectivity index (χ2n) is 6.34. The number of nitrogens with one attached hydrogen (secondary N) is 1. The average molecular weight is 365 g/mol. The van der Waals surface area contributed by atoms with Crippen LogP contribution in [0, 0.1) is 0 Å². The highest BCUT2D eigenvalue weighted by molar-refractivity contribution is 7.99. The number of para-hydroxylation sites is 1. The maximum Gasteiger partial charge on any atom is 0.255 e. The van der Waals surface area contributed by atoms with Crippen LogP contribution in [0.5, 0.6) is 0 Å². The van der Waals surface area contributed by atoms with Crippen LogP contribution >= 0.6 is 11.8 Å². The van der Waals surface area contributed by atoms with Gasteiger partial charge in [0.15, 0.2) is 5.78 Å². The van der Waals surface area contributed by atoms with Crippen molar-refractivity contribution in [2.45, 2.75) is 17.9 Å². The minimum absolute atomic E-state index is 0.0430. The number of amides is 1. The van der Waals surface area contributed by atoms with E-state index in [1.54, 1.807) is 18.5 Å². The molecule has 1 N–H and O–H groups in total. The highest BCUT2D eigenvalue weighted by Crippen LogP contribution is 2.22. The molecule has 0 saturated carbocycles. The molecule has 3 aromatic rings. The standard InChI is InChI=1S/C20H19N3O2S/c24-18(16-12-21-17-6-2-1-5-15(16)17)13-26-19-8-7-14(11-22-19)20(25)23-9-3-4-10-23/h1-2,5-8,11-12,21H,3-4,9-10,13H2. The van der Waals surface area contributed by atoms with Gasteiger partial charge in [0.2, 0.25) is 0 Å². The molecule has 1 aromatic carbocycles. The van der Waals surface area contributed by atoms with Gasteiger partial charge < -0.3 is 9.88 Å². The number of thioether (sulfide) groups is 1. The topological polar surface area (TPSA) is 66.1 Å². The minimum Gasteiger partial charge on any atom is -0.360 e. The molecule has 0 radical (unpaired) electrons. The first-order chi connectivity index (χ1) is 12.7. The van der Waals surface area contributed by atoms with Gasteiger partial charge in [-0.2, -0.15) is 0 Å². The van der Waals surface area contributed by atoms with Crippen LogP contribution in [0.2, 0.25) is 0 Å². The Morgan fingerprint density at radius 1 is 1.12 bits per heavy atom. The van der Waals surface area contributed by atoms with Crippen molar-refractivity contribution < 1.29 is 9.59 Å². The third-order valence-electron chi connectivity index (χ3n) is 4.62.